The highest BCUT2D eigenvalue weighted by Gasteiger charge is 2.30. The third-order valence-electron chi connectivity index (χ3n) is 8.11. The Bertz CT molecular complexity index is 948. The molecular formula is C37H69I3O9P2. The van der Waals surface area contributed by atoms with E-state index in [1.807, 2.05) is 0 Å². The van der Waals surface area contributed by atoms with E-state index >= 15 is 0 Å². The molecule has 0 aliphatic heterocycles. The van der Waals surface area contributed by atoms with Crippen LogP contribution in [-0.4, -0.2) is 43.7 Å². The molecule has 4 N–H and O–H groups in total. The Morgan fingerprint density at radius 1 is 0.647 bits per heavy atom. The maximum absolute atomic E-state index is 10.5. The summed E-state index contributed by atoms with van der Waals surface area (Å²) in [6, 6.07) is 0. The lowest BCUT2D eigenvalue weighted by molar-refractivity contribution is -0.160. The zero-order chi connectivity index (χ0) is 39.3. The molecule has 0 aromatic heterocycles. The number of unbranched alkanes of at least 4 members (excludes halogenated alkanes) is 14. The number of aliphatic carboxylic acids is 2. The lowest BCUT2D eigenvalue weighted by atomic mass is 9.96. The molecule has 0 heterocycles. The second-order valence-electron chi connectivity index (χ2n) is 13.1. The molecule has 302 valence electrons. The van der Waals surface area contributed by atoms with Gasteiger partial charge >= 0.3 is 26.9 Å². The molecule has 0 aromatic rings. The fraction of sp³-hybridized carbons (Fsp3) is 0.838. The van der Waals surface area contributed by atoms with Crippen molar-refractivity contribution >= 4 is 94.7 Å². The van der Waals surface area contributed by atoms with E-state index in [0.717, 1.165) is 56.2 Å². The van der Waals surface area contributed by atoms with Gasteiger partial charge in [-0.1, -0.05) is 194 Å². The van der Waals surface area contributed by atoms with Gasteiger partial charge < -0.3 is 15.1 Å². The SMILES string of the molecule is CCCCC/C=C\C/C=C\CCCCCCCC(=O)O.CCCCCC(I)C(C)CC(I)C(I)CCCCCCCC(=O)O.O=[P+]([O-])P(=O)(O)O. The molecule has 0 aliphatic carbocycles. The molecule has 0 radical (unpaired) electrons. The predicted molar refractivity (Wildman–Crippen MR) is 238 cm³/mol. The van der Waals surface area contributed by atoms with Gasteiger partial charge in [-0.15, -0.1) is 0 Å². The molecule has 5 atom stereocenters. The summed E-state index contributed by atoms with van der Waals surface area (Å²) in [5, 5.41) is 17.1. The average Bonchev–Trinajstić information content (AvgIpc) is 3.05. The highest BCUT2D eigenvalue weighted by molar-refractivity contribution is 14.1. The van der Waals surface area contributed by atoms with Gasteiger partial charge in [0, 0.05) is 24.6 Å². The predicted octanol–water partition coefficient (Wildman–Crippen LogP) is 12.9. The molecule has 5 unspecified atom stereocenters. The fourth-order valence-corrected chi connectivity index (χ4v) is 7.57. The molecule has 9 nitrogen and oxygen atoms in total. The Morgan fingerprint density at radius 3 is 1.47 bits per heavy atom. The van der Waals surface area contributed by atoms with Crippen molar-refractivity contribution in [2.75, 3.05) is 0 Å². The van der Waals surface area contributed by atoms with Crippen LogP contribution in [0.25, 0.3) is 0 Å². The summed E-state index contributed by atoms with van der Waals surface area (Å²) < 4.78 is 21.1. The van der Waals surface area contributed by atoms with Crippen molar-refractivity contribution in [3.05, 3.63) is 24.3 Å². The normalized spacial score (nSPS) is 14.3. The lowest BCUT2D eigenvalue weighted by Crippen LogP contribution is -2.21. The highest BCUT2D eigenvalue weighted by Crippen LogP contribution is 2.56. The van der Waals surface area contributed by atoms with Crippen molar-refractivity contribution in [1.29, 1.82) is 0 Å². The summed E-state index contributed by atoms with van der Waals surface area (Å²) in [6.07, 6.45) is 36.4. The average molecular weight is 1100 g/mol. The molecular weight excluding hydrogens is 1030 g/mol. The van der Waals surface area contributed by atoms with Gasteiger partial charge in [0.1, 0.15) is 0 Å². The molecule has 0 amide bonds. The van der Waals surface area contributed by atoms with Crippen molar-refractivity contribution in [3.63, 3.8) is 0 Å². The van der Waals surface area contributed by atoms with Crippen molar-refractivity contribution in [2.45, 2.75) is 187 Å². The monoisotopic (exact) mass is 1100 g/mol. The van der Waals surface area contributed by atoms with Gasteiger partial charge in [0.25, 0.3) is 0 Å². The van der Waals surface area contributed by atoms with Crippen LogP contribution in [0.1, 0.15) is 175 Å². The number of halogens is 3. The van der Waals surface area contributed by atoms with E-state index in [-0.39, 0.29) is 0 Å². The molecule has 0 bridgehead atoms. The summed E-state index contributed by atoms with van der Waals surface area (Å²) >= 11 is 7.98. The van der Waals surface area contributed by atoms with Crippen molar-refractivity contribution in [3.8, 4) is 0 Å². The topological polar surface area (TPSA) is 172 Å². The molecule has 0 aliphatic rings. The van der Waals surface area contributed by atoms with Gasteiger partial charge in [0.05, 0.1) is 0 Å². The molecule has 14 heteroatoms. The Balaban J connectivity index is -0.000000769. The van der Waals surface area contributed by atoms with Crippen LogP contribution in [0.5, 0.6) is 0 Å². The number of rotatable bonds is 31. The third-order valence-corrected chi connectivity index (χ3v) is 15.9. The minimum Gasteiger partial charge on any atom is -0.588 e. The smallest absolute Gasteiger partial charge is 0.561 e. The molecule has 0 spiro atoms. The molecule has 51 heavy (non-hydrogen) atoms. The van der Waals surface area contributed by atoms with Gasteiger partial charge in [-0.25, -0.2) is 4.57 Å². The van der Waals surface area contributed by atoms with Crippen molar-refractivity contribution < 1.29 is 43.6 Å². The number of carbonyl (C=O) groups is 2. The Kier molecular flexibility index (Phi) is 44.6. The van der Waals surface area contributed by atoms with Crippen molar-refractivity contribution in [1.82, 2.24) is 0 Å². The summed E-state index contributed by atoms with van der Waals surface area (Å²) in [6.45, 7) is 6.94. The van der Waals surface area contributed by atoms with E-state index in [2.05, 4.69) is 113 Å². The molecule has 0 saturated heterocycles. The maximum atomic E-state index is 10.5. The van der Waals surface area contributed by atoms with E-state index in [9.17, 15) is 23.6 Å². The van der Waals surface area contributed by atoms with Crippen molar-refractivity contribution in [2.24, 2.45) is 5.92 Å². The van der Waals surface area contributed by atoms with Crippen LogP contribution in [-0.2, 0) is 18.7 Å². The molecule has 0 fully saturated rings. The number of allylic oxidation sites excluding steroid dienone is 4. The van der Waals surface area contributed by atoms with Gasteiger partial charge in [0.2, 0.25) is 0 Å². The number of carboxylic acid groups (broad SMARTS) is 2. The van der Waals surface area contributed by atoms with Crippen LogP contribution in [0.4, 0.5) is 0 Å². The first kappa shape index (κ1) is 56.2. The standard InChI is InChI=1S/C19H35I3O2.C18H32O2.H2O5P2/c1-3-4-8-11-16(20)15(2)14-18(22)17(21)12-9-6-5-7-10-13-19(23)24;1-2-3-4-5-6-7-8-9-10-11-12-13-14-15-16-17-18(19)20;1-6(2)7(3,4)5/h15-18H,3-14H2,1-2H3,(H,23,24);6-7,9-10H,2-5,8,11-17H2,1H3,(H,19,20);(H2,3,4,5)/b;7-6-,10-9-;. The summed E-state index contributed by atoms with van der Waals surface area (Å²) in [5.74, 6) is -0.513. The number of hydrogen-bond donors (Lipinski definition) is 4. The molecule has 0 saturated carbocycles. The number of hydrogen-bond acceptors (Lipinski definition) is 5. The Labute approximate surface area is 352 Å². The van der Waals surface area contributed by atoms with Crippen LogP contribution in [0.3, 0.4) is 0 Å². The summed E-state index contributed by atoms with van der Waals surface area (Å²) in [7, 11) is -8.36. The quantitative estimate of drug-likeness (QED) is 0.0173. The molecule has 0 rings (SSSR count). The van der Waals surface area contributed by atoms with Crippen LogP contribution in [0.15, 0.2) is 24.3 Å². The van der Waals surface area contributed by atoms with Gasteiger partial charge in [0.15, 0.2) is 0 Å². The van der Waals surface area contributed by atoms with Crippen LogP contribution >= 0.6 is 82.8 Å². The van der Waals surface area contributed by atoms with Crippen LogP contribution in [0.2, 0.25) is 0 Å². The lowest BCUT2D eigenvalue weighted by Gasteiger charge is -2.24. The third kappa shape index (κ3) is 46.9. The van der Waals surface area contributed by atoms with Crippen LogP contribution in [0, 0.1) is 5.92 Å². The van der Waals surface area contributed by atoms with Gasteiger partial charge in [-0.2, -0.15) is 0 Å². The van der Waals surface area contributed by atoms with E-state index in [4.69, 9.17) is 20.0 Å². The second-order valence-corrected chi connectivity index (χ2v) is 21.9. The fourth-order valence-electron chi connectivity index (χ4n) is 4.94. The Morgan fingerprint density at radius 2 is 1.02 bits per heavy atom. The first-order valence-corrected chi connectivity index (χ1v) is 26.2. The first-order chi connectivity index (χ1) is 24.1. The summed E-state index contributed by atoms with van der Waals surface area (Å²) in [4.78, 5) is 45.3. The van der Waals surface area contributed by atoms with E-state index in [1.165, 1.54) is 103 Å². The zero-order valence-electron chi connectivity index (χ0n) is 31.4. The highest BCUT2D eigenvalue weighted by atomic mass is 127. The Hall–Kier alpha value is 0.820. The van der Waals surface area contributed by atoms with E-state index < -0.39 is 26.9 Å². The minimum atomic E-state index is -4.78. The van der Waals surface area contributed by atoms with Gasteiger partial charge in [-0.3, -0.25) is 19.4 Å². The van der Waals surface area contributed by atoms with E-state index in [1.54, 1.807) is 0 Å². The summed E-state index contributed by atoms with van der Waals surface area (Å²) in [5.41, 5.74) is 0. The number of alkyl halides is 3. The second kappa shape index (κ2) is 40.5. The number of carboxylic acids is 2. The largest absolute Gasteiger partial charge is 0.588 e. The zero-order valence-corrected chi connectivity index (χ0v) is 39.7. The van der Waals surface area contributed by atoms with Crippen LogP contribution < -0.4 is 4.89 Å². The van der Waals surface area contributed by atoms with Gasteiger partial charge in [-0.05, 0) is 70.1 Å². The first-order valence-electron chi connectivity index (χ1n) is 19.0. The maximum Gasteiger partial charge on any atom is 0.561 e. The molecule has 0 aromatic carbocycles. The minimum absolute atomic E-state index is 0.324. The van der Waals surface area contributed by atoms with E-state index in [0.29, 0.717) is 12.8 Å².